The molecule has 0 aliphatic carbocycles. The van der Waals surface area contributed by atoms with Crippen LogP contribution >= 0.6 is 11.8 Å². The van der Waals surface area contributed by atoms with Gasteiger partial charge in [0.1, 0.15) is 11.5 Å². The van der Waals surface area contributed by atoms with Crippen molar-refractivity contribution in [3.63, 3.8) is 0 Å². The highest BCUT2D eigenvalue weighted by Gasteiger charge is 2.17. The minimum Gasteiger partial charge on any atom is -0.269 e. The minimum atomic E-state index is -0.234. The van der Waals surface area contributed by atoms with Crippen molar-refractivity contribution in [3.8, 4) is 17.2 Å². The molecule has 4 rings (SSSR count). The maximum Gasteiger partial charge on any atom is 0.196 e. The summed E-state index contributed by atoms with van der Waals surface area (Å²) in [7, 11) is 0. The first kappa shape index (κ1) is 17.4. The van der Waals surface area contributed by atoms with E-state index < -0.39 is 0 Å². The second kappa shape index (κ2) is 7.72. The van der Waals surface area contributed by atoms with Gasteiger partial charge in [-0.2, -0.15) is 0 Å². The zero-order chi connectivity index (χ0) is 18.6. The Morgan fingerprint density at radius 3 is 2.56 bits per heavy atom. The van der Waals surface area contributed by atoms with Crippen LogP contribution in [0.25, 0.3) is 17.2 Å². The summed E-state index contributed by atoms with van der Waals surface area (Å²) in [6, 6.07) is 20.5. The number of halogens is 1. The van der Waals surface area contributed by atoms with Crippen LogP contribution in [-0.2, 0) is 5.75 Å². The SMILES string of the molecule is Cc1ccc(-n2c(SCc3cccc(F)c3)nnc2-c2ccccn2)cc1. The van der Waals surface area contributed by atoms with Gasteiger partial charge >= 0.3 is 0 Å². The second-order valence-corrected chi connectivity index (χ2v) is 7.05. The van der Waals surface area contributed by atoms with Gasteiger partial charge in [-0.25, -0.2) is 4.39 Å². The van der Waals surface area contributed by atoms with E-state index in [4.69, 9.17) is 0 Å². The molecule has 2 heterocycles. The van der Waals surface area contributed by atoms with E-state index in [1.165, 1.54) is 23.4 Å². The van der Waals surface area contributed by atoms with E-state index >= 15 is 0 Å². The lowest BCUT2D eigenvalue weighted by Crippen LogP contribution is -2.00. The van der Waals surface area contributed by atoms with Crippen LogP contribution in [-0.4, -0.2) is 19.7 Å². The average molecular weight is 376 g/mol. The number of benzene rings is 2. The summed E-state index contributed by atoms with van der Waals surface area (Å²) in [4.78, 5) is 4.41. The van der Waals surface area contributed by atoms with Gasteiger partial charge in [0.15, 0.2) is 11.0 Å². The van der Waals surface area contributed by atoms with E-state index in [1.807, 2.05) is 41.0 Å². The normalized spacial score (nSPS) is 10.9. The van der Waals surface area contributed by atoms with Crippen LogP contribution < -0.4 is 0 Å². The molecule has 6 heteroatoms. The van der Waals surface area contributed by atoms with Gasteiger partial charge in [0, 0.05) is 17.6 Å². The molecule has 0 radical (unpaired) electrons. The van der Waals surface area contributed by atoms with Crippen molar-refractivity contribution in [2.24, 2.45) is 0 Å². The Balaban J connectivity index is 1.73. The van der Waals surface area contributed by atoms with E-state index in [0.717, 1.165) is 22.1 Å². The largest absolute Gasteiger partial charge is 0.269 e. The van der Waals surface area contributed by atoms with Crippen LogP contribution in [0.1, 0.15) is 11.1 Å². The monoisotopic (exact) mass is 376 g/mol. The lowest BCUT2D eigenvalue weighted by Gasteiger charge is -2.10. The summed E-state index contributed by atoms with van der Waals surface area (Å²) in [5, 5.41) is 9.48. The summed E-state index contributed by atoms with van der Waals surface area (Å²) in [5.74, 6) is 1.05. The number of pyridine rings is 1. The number of hydrogen-bond acceptors (Lipinski definition) is 4. The number of rotatable bonds is 5. The molecule has 0 fully saturated rings. The molecule has 0 atom stereocenters. The lowest BCUT2D eigenvalue weighted by atomic mass is 10.2. The van der Waals surface area contributed by atoms with Crippen LogP contribution in [0, 0.1) is 12.7 Å². The molecule has 0 amide bonds. The van der Waals surface area contributed by atoms with Crippen molar-refractivity contribution in [1.29, 1.82) is 0 Å². The third-order valence-electron chi connectivity index (χ3n) is 4.08. The molecule has 0 aliphatic rings. The maximum absolute atomic E-state index is 13.4. The van der Waals surface area contributed by atoms with Crippen LogP contribution in [0.2, 0.25) is 0 Å². The Labute approximate surface area is 161 Å². The fourth-order valence-electron chi connectivity index (χ4n) is 2.73. The van der Waals surface area contributed by atoms with Crippen molar-refractivity contribution in [1.82, 2.24) is 19.7 Å². The molecule has 0 N–H and O–H groups in total. The highest BCUT2D eigenvalue weighted by molar-refractivity contribution is 7.98. The number of thioether (sulfide) groups is 1. The van der Waals surface area contributed by atoms with E-state index in [1.54, 1.807) is 18.3 Å². The zero-order valence-electron chi connectivity index (χ0n) is 14.7. The molecule has 0 aliphatic heterocycles. The highest BCUT2D eigenvalue weighted by atomic mass is 32.2. The number of aromatic nitrogens is 4. The summed E-state index contributed by atoms with van der Waals surface area (Å²) in [6.45, 7) is 2.05. The molecule has 27 heavy (non-hydrogen) atoms. The van der Waals surface area contributed by atoms with Gasteiger partial charge in [0.05, 0.1) is 0 Å². The number of hydrogen-bond donors (Lipinski definition) is 0. The van der Waals surface area contributed by atoms with Gasteiger partial charge in [-0.3, -0.25) is 9.55 Å². The van der Waals surface area contributed by atoms with Crippen LogP contribution in [0.4, 0.5) is 4.39 Å². The van der Waals surface area contributed by atoms with E-state index in [2.05, 4.69) is 34.2 Å². The fourth-order valence-corrected chi connectivity index (χ4v) is 3.62. The molecule has 0 spiro atoms. The number of aryl methyl sites for hydroxylation is 1. The van der Waals surface area contributed by atoms with Gasteiger partial charge in [-0.15, -0.1) is 10.2 Å². The molecule has 134 valence electrons. The Hall–Kier alpha value is -2.99. The van der Waals surface area contributed by atoms with Gasteiger partial charge < -0.3 is 0 Å². The van der Waals surface area contributed by atoms with E-state index in [9.17, 15) is 4.39 Å². The zero-order valence-corrected chi connectivity index (χ0v) is 15.5. The first-order chi connectivity index (χ1) is 13.2. The van der Waals surface area contributed by atoms with Crippen molar-refractivity contribution in [2.75, 3.05) is 0 Å². The second-order valence-electron chi connectivity index (χ2n) is 6.11. The highest BCUT2D eigenvalue weighted by Crippen LogP contribution is 2.29. The molecule has 2 aromatic carbocycles. The Bertz CT molecular complexity index is 1050. The Morgan fingerprint density at radius 1 is 0.963 bits per heavy atom. The molecule has 0 bridgehead atoms. The molecule has 2 aromatic heterocycles. The topological polar surface area (TPSA) is 43.6 Å². The molecule has 4 nitrogen and oxygen atoms in total. The predicted molar refractivity (Wildman–Crippen MR) is 105 cm³/mol. The molecule has 0 saturated heterocycles. The van der Waals surface area contributed by atoms with Crippen LogP contribution in [0.3, 0.4) is 0 Å². The summed E-state index contributed by atoms with van der Waals surface area (Å²) < 4.78 is 15.4. The molecule has 4 aromatic rings. The molecule has 0 unspecified atom stereocenters. The van der Waals surface area contributed by atoms with E-state index in [-0.39, 0.29) is 5.82 Å². The first-order valence-electron chi connectivity index (χ1n) is 8.52. The van der Waals surface area contributed by atoms with Crippen molar-refractivity contribution < 1.29 is 4.39 Å². The Kier molecular flexibility index (Phi) is 4.98. The van der Waals surface area contributed by atoms with E-state index in [0.29, 0.717) is 11.6 Å². The lowest BCUT2D eigenvalue weighted by molar-refractivity contribution is 0.626. The van der Waals surface area contributed by atoms with Gasteiger partial charge in [0.2, 0.25) is 0 Å². The van der Waals surface area contributed by atoms with Gasteiger partial charge in [-0.05, 0) is 48.9 Å². The minimum absolute atomic E-state index is 0.234. The third-order valence-corrected chi connectivity index (χ3v) is 5.08. The third kappa shape index (κ3) is 3.90. The maximum atomic E-state index is 13.4. The van der Waals surface area contributed by atoms with Crippen molar-refractivity contribution in [3.05, 3.63) is 89.9 Å². The molecular formula is C21H17FN4S. The van der Waals surface area contributed by atoms with Gasteiger partial charge in [0.25, 0.3) is 0 Å². The van der Waals surface area contributed by atoms with Gasteiger partial charge in [-0.1, -0.05) is 47.7 Å². The summed E-state index contributed by atoms with van der Waals surface area (Å²) in [5.41, 5.74) is 3.80. The molecular weight excluding hydrogens is 359 g/mol. The summed E-state index contributed by atoms with van der Waals surface area (Å²) >= 11 is 1.52. The van der Waals surface area contributed by atoms with Crippen LogP contribution in [0.5, 0.6) is 0 Å². The van der Waals surface area contributed by atoms with Crippen LogP contribution in [0.15, 0.2) is 78.1 Å². The average Bonchev–Trinajstić information content (AvgIpc) is 3.12. The summed E-state index contributed by atoms with van der Waals surface area (Å²) in [6.07, 6.45) is 1.74. The standard InChI is InChI=1S/C21H17FN4S/c1-15-8-10-18(11-9-15)26-20(19-7-2-3-12-23-19)24-25-21(26)27-14-16-5-4-6-17(22)13-16/h2-13H,14H2,1H3. The Morgan fingerprint density at radius 2 is 1.81 bits per heavy atom. The molecule has 0 saturated carbocycles. The fraction of sp³-hybridized carbons (Fsp3) is 0.0952. The predicted octanol–water partition coefficient (Wildman–Crippen LogP) is 5.07. The number of nitrogens with zero attached hydrogens (tertiary/aromatic N) is 4. The first-order valence-corrected chi connectivity index (χ1v) is 9.50. The van der Waals surface area contributed by atoms with Crippen molar-refractivity contribution in [2.45, 2.75) is 17.8 Å². The van der Waals surface area contributed by atoms with Crippen molar-refractivity contribution >= 4 is 11.8 Å². The quantitative estimate of drug-likeness (QED) is 0.456. The smallest absolute Gasteiger partial charge is 0.196 e.